The van der Waals surface area contributed by atoms with Gasteiger partial charge in [0.1, 0.15) is 6.10 Å². The van der Waals surface area contributed by atoms with Crippen LogP contribution in [0.3, 0.4) is 0 Å². The molecule has 0 amide bonds. The lowest BCUT2D eigenvalue weighted by Crippen LogP contribution is -2.56. The Labute approximate surface area is 157 Å². The Hall–Kier alpha value is -1.58. The molecule has 2 fully saturated rings. The van der Waals surface area contributed by atoms with Gasteiger partial charge in [-0.2, -0.15) is 0 Å². The molecule has 146 valence electrons. The lowest BCUT2D eigenvalue weighted by Gasteiger charge is -2.60. The quantitative estimate of drug-likeness (QED) is 0.418. The third-order valence-corrected chi connectivity index (χ3v) is 7.34. The first kappa shape index (κ1) is 20.7. The van der Waals surface area contributed by atoms with Crippen molar-refractivity contribution in [2.75, 3.05) is 0 Å². The van der Waals surface area contributed by atoms with Crippen LogP contribution < -0.4 is 0 Å². The van der Waals surface area contributed by atoms with Gasteiger partial charge in [-0.1, -0.05) is 38.5 Å². The van der Waals surface area contributed by atoms with Crippen LogP contribution in [-0.4, -0.2) is 23.1 Å². The van der Waals surface area contributed by atoms with E-state index in [4.69, 9.17) is 9.84 Å². The average Bonchev–Trinajstić information content (AvgIpc) is 2.51. The Kier molecular flexibility index (Phi) is 6.04. The molecule has 1 N–H and O–H groups in total. The van der Waals surface area contributed by atoms with Gasteiger partial charge in [-0.05, 0) is 56.3 Å². The number of carboxylic acids is 1. The minimum absolute atomic E-state index is 0.0718. The summed E-state index contributed by atoms with van der Waals surface area (Å²) in [6.45, 7) is 14.5. The third-order valence-electron chi connectivity index (χ3n) is 7.34. The molecule has 0 aromatic heterocycles. The van der Waals surface area contributed by atoms with Crippen LogP contribution in [0.5, 0.6) is 0 Å². The highest BCUT2D eigenvalue weighted by atomic mass is 16.5. The number of esters is 1. The molecule has 4 nitrogen and oxygen atoms in total. The van der Waals surface area contributed by atoms with Crippen molar-refractivity contribution < 1.29 is 19.4 Å². The standard InChI is InChI=1S/C22H34O4/c1-14(13-20(24)25)12-19(26-17(4)23)22(6)16(3)10-11-21(5)15(2)8-7-9-18(21)22/h13,16,18-19H,2,7-12H2,1,3-6H3,(H,24,25)/b14-13+/t16-,18+,19-,21+,22+/m1/s1. The molecule has 2 aliphatic carbocycles. The van der Waals surface area contributed by atoms with Crippen LogP contribution >= 0.6 is 0 Å². The number of carbonyl (C=O) groups excluding carboxylic acids is 1. The second-order valence-electron chi connectivity index (χ2n) is 8.90. The Morgan fingerprint density at radius 3 is 2.58 bits per heavy atom. The smallest absolute Gasteiger partial charge is 0.328 e. The van der Waals surface area contributed by atoms with Crippen molar-refractivity contribution in [2.45, 2.75) is 79.2 Å². The van der Waals surface area contributed by atoms with Crippen LogP contribution in [-0.2, 0) is 14.3 Å². The number of fused-ring (bicyclic) bond motifs is 1. The van der Waals surface area contributed by atoms with Crippen molar-refractivity contribution in [3.05, 3.63) is 23.8 Å². The van der Waals surface area contributed by atoms with Crippen LogP contribution in [0.4, 0.5) is 0 Å². The molecule has 0 heterocycles. The highest BCUT2D eigenvalue weighted by Gasteiger charge is 2.57. The summed E-state index contributed by atoms with van der Waals surface area (Å²) in [6, 6.07) is 0. The molecule has 0 radical (unpaired) electrons. The van der Waals surface area contributed by atoms with E-state index < -0.39 is 5.97 Å². The summed E-state index contributed by atoms with van der Waals surface area (Å²) in [4.78, 5) is 22.9. The Morgan fingerprint density at radius 1 is 1.35 bits per heavy atom. The van der Waals surface area contributed by atoms with Crippen molar-refractivity contribution in [2.24, 2.45) is 22.7 Å². The molecule has 5 atom stereocenters. The topological polar surface area (TPSA) is 63.6 Å². The van der Waals surface area contributed by atoms with Gasteiger partial charge >= 0.3 is 11.9 Å². The minimum atomic E-state index is -0.957. The maximum absolute atomic E-state index is 11.9. The first-order valence-corrected chi connectivity index (χ1v) is 9.77. The molecule has 4 heteroatoms. The number of allylic oxidation sites excluding steroid dienone is 1. The Bertz CT molecular complexity index is 620. The molecule has 0 aromatic carbocycles. The highest BCUT2D eigenvalue weighted by molar-refractivity contribution is 5.80. The number of hydrogen-bond donors (Lipinski definition) is 1. The van der Waals surface area contributed by atoms with E-state index >= 15 is 0 Å². The fourth-order valence-corrected chi connectivity index (χ4v) is 5.58. The first-order chi connectivity index (χ1) is 12.0. The first-order valence-electron chi connectivity index (χ1n) is 9.77. The van der Waals surface area contributed by atoms with Crippen molar-refractivity contribution >= 4 is 11.9 Å². The fourth-order valence-electron chi connectivity index (χ4n) is 5.58. The van der Waals surface area contributed by atoms with Crippen LogP contribution in [0.1, 0.15) is 73.1 Å². The molecule has 0 aromatic rings. The van der Waals surface area contributed by atoms with E-state index in [0.29, 0.717) is 18.3 Å². The molecule has 0 saturated heterocycles. The second-order valence-corrected chi connectivity index (χ2v) is 8.90. The molecule has 2 rings (SSSR count). The lowest BCUT2D eigenvalue weighted by atomic mass is 9.45. The molecule has 0 bridgehead atoms. The predicted molar refractivity (Wildman–Crippen MR) is 103 cm³/mol. The third kappa shape index (κ3) is 3.74. The number of carboxylic acid groups (broad SMARTS) is 1. The monoisotopic (exact) mass is 362 g/mol. The van der Waals surface area contributed by atoms with E-state index in [-0.39, 0.29) is 22.9 Å². The zero-order valence-electron chi connectivity index (χ0n) is 16.9. The highest BCUT2D eigenvalue weighted by Crippen LogP contribution is 2.63. The number of aliphatic carboxylic acids is 1. The summed E-state index contributed by atoms with van der Waals surface area (Å²) < 4.78 is 5.84. The van der Waals surface area contributed by atoms with E-state index in [0.717, 1.165) is 37.7 Å². The summed E-state index contributed by atoms with van der Waals surface area (Å²) in [6.07, 6.45) is 6.88. The van der Waals surface area contributed by atoms with E-state index in [1.807, 2.05) is 0 Å². The van der Waals surface area contributed by atoms with Crippen LogP contribution in [0.25, 0.3) is 0 Å². The predicted octanol–water partition coefficient (Wildman–Crippen LogP) is 5.14. The Morgan fingerprint density at radius 2 is 2.00 bits per heavy atom. The van der Waals surface area contributed by atoms with Gasteiger partial charge in [-0.3, -0.25) is 4.79 Å². The molecule has 0 aliphatic heterocycles. The fraction of sp³-hybridized carbons (Fsp3) is 0.727. The van der Waals surface area contributed by atoms with Crippen molar-refractivity contribution in [3.8, 4) is 0 Å². The normalized spacial score (nSPS) is 36.2. The number of ether oxygens (including phenoxy) is 1. The summed E-state index contributed by atoms with van der Waals surface area (Å²) >= 11 is 0. The van der Waals surface area contributed by atoms with Crippen LogP contribution in [0, 0.1) is 22.7 Å². The average molecular weight is 363 g/mol. The van der Waals surface area contributed by atoms with E-state index in [1.165, 1.54) is 18.6 Å². The lowest BCUT2D eigenvalue weighted by molar-refractivity contribution is -0.172. The molecule has 2 saturated carbocycles. The summed E-state index contributed by atoms with van der Waals surface area (Å²) in [5, 5.41) is 9.07. The summed E-state index contributed by atoms with van der Waals surface area (Å²) in [7, 11) is 0. The van der Waals surface area contributed by atoms with Gasteiger partial charge in [0.15, 0.2) is 0 Å². The largest absolute Gasteiger partial charge is 0.478 e. The number of hydrogen-bond acceptors (Lipinski definition) is 3. The molecular weight excluding hydrogens is 328 g/mol. The van der Waals surface area contributed by atoms with E-state index in [9.17, 15) is 9.59 Å². The second kappa shape index (κ2) is 7.58. The summed E-state index contributed by atoms with van der Waals surface area (Å²) in [5.41, 5.74) is 1.93. The van der Waals surface area contributed by atoms with Crippen molar-refractivity contribution in [1.82, 2.24) is 0 Å². The maximum Gasteiger partial charge on any atom is 0.328 e. The van der Waals surface area contributed by atoms with Gasteiger partial charge in [0, 0.05) is 24.8 Å². The van der Waals surface area contributed by atoms with Crippen LogP contribution in [0.2, 0.25) is 0 Å². The van der Waals surface area contributed by atoms with E-state index in [2.05, 4.69) is 27.4 Å². The van der Waals surface area contributed by atoms with Crippen molar-refractivity contribution in [1.29, 1.82) is 0 Å². The molecular formula is C22H34O4. The maximum atomic E-state index is 11.9. The van der Waals surface area contributed by atoms with Gasteiger partial charge < -0.3 is 9.84 Å². The molecule has 2 aliphatic rings. The van der Waals surface area contributed by atoms with Gasteiger partial charge in [0.05, 0.1) is 0 Å². The zero-order valence-corrected chi connectivity index (χ0v) is 16.9. The number of rotatable bonds is 5. The molecule has 26 heavy (non-hydrogen) atoms. The molecule has 0 spiro atoms. The van der Waals surface area contributed by atoms with Crippen LogP contribution in [0.15, 0.2) is 23.8 Å². The van der Waals surface area contributed by atoms with Gasteiger partial charge in [0.25, 0.3) is 0 Å². The Balaban J connectivity index is 2.45. The van der Waals surface area contributed by atoms with Gasteiger partial charge in [0.2, 0.25) is 0 Å². The minimum Gasteiger partial charge on any atom is -0.478 e. The molecule has 0 unspecified atom stereocenters. The SMILES string of the molecule is C=C1CCC[C@@H]2[C@@](C)([C@@H](C/C(C)=C/C(=O)O)OC(C)=O)[C@H](C)CC[C@@]12C. The number of carbonyl (C=O) groups is 2. The van der Waals surface area contributed by atoms with Gasteiger partial charge in [-0.15, -0.1) is 0 Å². The zero-order chi connectivity index (χ0) is 19.7. The van der Waals surface area contributed by atoms with Crippen molar-refractivity contribution in [3.63, 3.8) is 0 Å². The van der Waals surface area contributed by atoms with E-state index in [1.54, 1.807) is 6.92 Å². The summed E-state index contributed by atoms with van der Waals surface area (Å²) in [5.74, 6) is -0.467. The van der Waals surface area contributed by atoms with Gasteiger partial charge in [-0.25, -0.2) is 4.79 Å².